The van der Waals surface area contributed by atoms with E-state index in [-0.39, 0.29) is 5.41 Å². The van der Waals surface area contributed by atoms with Crippen molar-refractivity contribution in [2.75, 3.05) is 4.90 Å². The number of nitrogens with zero attached hydrogens (tertiary/aromatic N) is 2. The second kappa shape index (κ2) is 8.43. The van der Waals surface area contributed by atoms with Gasteiger partial charge in [-0.1, -0.05) is 86.6 Å². The zero-order valence-corrected chi connectivity index (χ0v) is 21.7. The Hall–Kier alpha value is -4.21. The third kappa shape index (κ3) is 3.58. The molecule has 7 rings (SSSR count). The molecular formula is C34H26N2S. The Bertz CT molecular complexity index is 1700. The van der Waals surface area contributed by atoms with Gasteiger partial charge in [0.2, 0.25) is 0 Å². The van der Waals surface area contributed by atoms with Gasteiger partial charge < -0.3 is 4.90 Å². The minimum absolute atomic E-state index is 0.0851. The van der Waals surface area contributed by atoms with Gasteiger partial charge in [-0.05, 0) is 70.8 Å². The van der Waals surface area contributed by atoms with Gasteiger partial charge in [-0.15, -0.1) is 11.3 Å². The Morgan fingerprint density at radius 2 is 1.19 bits per heavy atom. The van der Waals surface area contributed by atoms with Crippen LogP contribution in [0.1, 0.15) is 25.0 Å². The number of aromatic nitrogens is 1. The molecule has 0 N–H and O–H groups in total. The highest BCUT2D eigenvalue weighted by Gasteiger charge is 2.36. The maximum Gasteiger partial charge on any atom is 0.124 e. The summed E-state index contributed by atoms with van der Waals surface area (Å²) in [6.45, 7) is 4.67. The van der Waals surface area contributed by atoms with Gasteiger partial charge in [-0.3, -0.25) is 0 Å². The van der Waals surface area contributed by atoms with Gasteiger partial charge in [0.1, 0.15) is 5.01 Å². The number of benzene rings is 5. The van der Waals surface area contributed by atoms with Gasteiger partial charge >= 0.3 is 0 Å². The van der Waals surface area contributed by atoms with Crippen molar-refractivity contribution < 1.29 is 0 Å². The molecule has 0 radical (unpaired) electrons. The standard InChI is InChI=1S/C34H26N2S/c1-34(2)29-19-18-26(36(24-14-8-4-9-15-24)25-16-10-5-11-17-25)20-27(29)28-21-32-31(22-30(28)34)35-33(37-32)23-12-6-3-7-13-23/h3-22H,1-2H3. The first-order valence-electron chi connectivity index (χ1n) is 12.7. The van der Waals surface area contributed by atoms with Crippen LogP contribution in [0, 0.1) is 0 Å². The molecule has 5 aromatic carbocycles. The first-order valence-corrected chi connectivity index (χ1v) is 13.5. The normalized spacial score (nSPS) is 13.4. The van der Waals surface area contributed by atoms with Gasteiger partial charge in [0.05, 0.1) is 10.2 Å². The van der Waals surface area contributed by atoms with Crippen molar-refractivity contribution in [3.05, 3.63) is 132 Å². The smallest absolute Gasteiger partial charge is 0.124 e. The van der Waals surface area contributed by atoms with Crippen LogP contribution in [0.5, 0.6) is 0 Å². The molecule has 178 valence electrons. The second-order valence-corrected chi connectivity index (χ2v) is 11.1. The van der Waals surface area contributed by atoms with Crippen molar-refractivity contribution in [1.29, 1.82) is 0 Å². The Labute approximate surface area is 221 Å². The molecular weight excluding hydrogens is 468 g/mol. The lowest BCUT2D eigenvalue weighted by Gasteiger charge is -2.27. The summed E-state index contributed by atoms with van der Waals surface area (Å²) < 4.78 is 1.23. The van der Waals surface area contributed by atoms with Crippen LogP contribution >= 0.6 is 11.3 Å². The van der Waals surface area contributed by atoms with E-state index in [0.717, 1.165) is 27.6 Å². The summed E-state index contributed by atoms with van der Waals surface area (Å²) in [5.41, 5.74) is 11.0. The second-order valence-electron chi connectivity index (χ2n) is 10.1. The first-order chi connectivity index (χ1) is 18.1. The van der Waals surface area contributed by atoms with Crippen LogP contribution in [0.3, 0.4) is 0 Å². The Kier molecular flexibility index (Phi) is 5.02. The Morgan fingerprint density at radius 1 is 0.595 bits per heavy atom. The van der Waals surface area contributed by atoms with E-state index in [1.807, 2.05) is 0 Å². The highest BCUT2D eigenvalue weighted by molar-refractivity contribution is 7.21. The largest absolute Gasteiger partial charge is 0.310 e. The average molecular weight is 495 g/mol. The quantitative estimate of drug-likeness (QED) is 0.242. The van der Waals surface area contributed by atoms with Gasteiger partial charge in [0, 0.05) is 28.0 Å². The molecule has 0 bridgehead atoms. The van der Waals surface area contributed by atoms with Crippen LogP contribution in [-0.2, 0) is 5.41 Å². The fourth-order valence-electron chi connectivity index (χ4n) is 5.60. The molecule has 6 aromatic rings. The maximum atomic E-state index is 5.02. The fraction of sp³-hybridized carbons (Fsp3) is 0.0882. The molecule has 1 aliphatic rings. The number of anilines is 3. The third-order valence-electron chi connectivity index (χ3n) is 7.48. The summed E-state index contributed by atoms with van der Waals surface area (Å²) in [6.07, 6.45) is 0. The summed E-state index contributed by atoms with van der Waals surface area (Å²) >= 11 is 1.77. The summed E-state index contributed by atoms with van der Waals surface area (Å²) in [7, 11) is 0. The summed E-state index contributed by atoms with van der Waals surface area (Å²) in [5, 5.41) is 1.07. The molecule has 0 saturated heterocycles. The maximum absolute atomic E-state index is 5.02. The molecule has 1 aromatic heterocycles. The van der Waals surface area contributed by atoms with Crippen molar-refractivity contribution in [3.63, 3.8) is 0 Å². The first kappa shape index (κ1) is 22.0. The molecule has 0 saturated carbocycles. The predicted molar refractivity (Wildman–Crippen MR) is 157 cm³/mol. The van der Waals surface area contributed by atoms with Crippen LogP contribution < -0.4 is 4.90 Å². The van der Waals surface area contributed by atoms with Gasteiger partial charge in [-0.25, -0.2) is 4.98 Å². The molecule has 0 atom stereocenters. The number of thiazole rings is 1. The molecule has 0 amide bonds. The van der Waals surface area contributed by atoms with Crippen LogP contribution in [0.4, 0.5) is 17.1 Å². The van der Waals surface area contributed by atoms with Crippen LogP contribution in [0.15, 0.2) is 121 Å². The molecule has 3 heteroatoms. The zero-order chi connectivity index (χ0) is 25.0. The number of hydrogen-bond acceptors (Lipinski definition) is 3. The van der Waals surface area contributed by atoms with E-state index in [9.17, 15) is 0 Å². The van der Waals surface area contributed by atoms with Crippen molar-refractivity contribution in [2.45, 2.75) is 19.3 Å². The summed E-state index contributed by atoms with van der Waals surface area (Å²) in [6, 6.07) is 43.3. The summed E-state index contributed by atoms with van der Waals surface area (Å²) in [4.78, 5) is 7.36. The molecule has 0 aliphatic heterocycles. The Balaban J connectivity index is 1.40. The molecule has 37 heavy (non-hydrogen) atoms. The van der Waals surface area contributed by atoms with Crippen molar-refractivity contribution in [3.8, 4) is 21.7 Å². The van der Waals surface area contributed by atoms with Crippen molar-refractivity contribution in [2.24, 2.45) is 0 Å². The van der Waals surface area contributed by atoms with E-state index >= 15 is 0 Å². The highest BCUT2D eigenvalue weighted by Crippen LogP contribution is 2.52. The number of para-hydroxylation sites is 2. The predicted octanol–water partition coefficient (Wildman–Crippen LogP) is 9.74. The number of fused-ring (bicyclic) bond motifs is 4. The van der Waals surface area contributed by atoms with E-state index < -0.39 is 0 Å². The topological polar surface area (TPSA) is 16.1 Å². The number of rotatable bonds is 4. The van der Waals surface area contributed by atoms with Gasteiger partial charge in [0.15, 0.2) is 0 Å². The molecule has 0 spiro atoms. The van der Waals surface area contributed by atoms with Gasteiger partial charge in [-0.2, -0.15) is 0 Å². The summed E-state index contributed by atoms with van der Waals surface area (Å²) in [5.74, 6) is 0. The lowest BCUT2D eigenvalue weighted by molar-refractivity contribution is 0.661. The molecule has 0 unspecified atom stereocenters. The third-order valence-corrected chi connectivity index (χ3v) is 8.54. The highest BCUT2D eigenvalue weighted by atomic mass is 32.1. The van der Waals surface area contributed by atoms with Crippen LogP contribution in [-0.4, -0.2) is 4.98 Å². The van der Waals surface area contributed by atoms with Crippen molar-refractivity contribution >= 4 is 38.6 Å². The van der Waals surface area contributed by atoms with E-state index in [1.54, 1.807) is 11.3 Å². The number of hydrogen-bond donors (Lipinski definition) is 0. The van der Waals surface area contributed by atoms with Crippen LogP contribution in [0.2, 0.25) is 0 Å². The SMILES string of the molecule is CC1(C)c2ccc(N(c3ccccc3)c3ccccc3)cc2-c2cc3sc(-c4ccccc4)nc3cc21. The average Bonchev–Trinajstić information content (AvgIpc) is 3.46. The minimum Gasteiger partial charge on any atom is -0.310 e. The zero-order valence-electron chi connectivity index (χ0n) is 20.8. The van der Waals surface area contributed by atoms with Gasteiger partial charge in [0.25, 0.3) is 0 Å². The van der Waals surface area contributed by atoms with Crippen molar-refractivity contribution in [1.82, 2.24) is 4.98 Å². The lowest BCUT2D eigenvalue weighted by Crippen LogP contribution is -2.15. The van der Waals surface area contributed by atoms with Crippen LogP contribution in [0.25, 0.3) is 31.9 Å². The van der Waals surface area contributed by atoms with E-state index in [1.165, 1.54) is 32.5 Å². The van der Waals surface area contributed by atoms with E-state index in [2.05, 4.69) is 140 Å². The molecule has 2 nitrogen and oxygen atoms in total. The van der Waals surface area contributed by atoms with E-state index in [4.69, 9.17) is 4.98 Å². The molecule has 1 heterocycles. The minimum atomic E-state index is -0.0851. The fourth-order valence-corrected chi connectivity index (χ4v) is 6.60. The lowest BCUT2D eigenvalue weighted by atomic mass is 9.82. The molecule has 1 aliphatic carbocycles. The monoisotopic (exact) mass is 494 g/mol. The Morgan fingerprint density at radius 3 is 1.84 bits per heavy atom. The molecule has 0 fully saturated rings. The van der Waals surface area contributed by atoms with E-state index in [0.29, 0.717) is 0 Å².